The minimum atomic E-state index is -3.65. The molecule has 9 heteroatoms. The second-order valence-electron chi connectivity index (χ2n) is 3.26. The van der Waals surface area contributed by atoms with Gasteiger partial charge in [-0.2, -0.15) is 0 Å². The number of sulfonamides is 1. The van der Waals surface area contributed by atoms with Crippen LogP contribution in [0.5, 0.6) is 0 Å². The van der Waals surface area contributed by atoms with E-state index in [9.17, 15) is 21.6 Å². The summed E-state index contributed by atoms with van der Waals surface area (Å²) >= 11 is 0. The molecule has 0 aromatic rings. The number of hydrogen-bond donors (Lipinski definition) is 2. The Labute approximate surface area is 89.0 Å². The van der Waals surface area contributed by atoms with E-state index in [0.29, 0.717) is 0 Å². The second-order valence-corrected chi connectivity index (χ2v) is 7.27. The lowest BCUT2D eigenvalue weighted by molar-refractivity contribution is -0.120. The maximum atomic E-state index is 11.1. The molecule has 15 heavy (non-hydrogen) atoms. The molecule has 0 spiro atoms. The van der Waals surface area contributed by atoms with Crippen molar-refractivity contribution in [1.29, 1.82) is 0 Å². The molecule has 1 unspecified atom stereocenters. The van der Waals surface area contributed by atoms with E-state index >= 15 is 0 Å². The number of hydrogen-bond acceptors (Lipinski definition) is 6. The first-order valence-corrected chi connectivity index (χ1v) is 7.91. The van der Waals surface area contributed by atoms with Crippen LogP contribution in [-0.2, 0) is 24.7 Å². The van der Waals surface area contributed by atoms with Gasteiger partial charge in [0.25, 0.3) is 0 Å². The maximum Gasteiger partial charge on any atom is 0.250 e. The maximum absolute atomic E-state index is 11.1. The van der Waals surface area contributed by atoms with Crippen LogP contribution in [0.15, 0.2) is 0 Å². The summed E-state index contributed by atoms with van der Waals surface area (Å²) in [5.74, 6) is -1.16. The highest BCUT2D eigenvalue weighted by atomic mass is 32.2. The molecule has 1 atom stereocenters. The standard InChI is InChI=1S/C6H14N2O5S2/c1-14(10,11)4-3-5(7)6(9)8-15(2,12)13/h5H,3-4,7H2,1-2H3,(H,8,9). The molecule has 0 saturated heterocycles. The van der Waals surface area contributed by atoms with Crippen LogP contribution >= 0.6 is 0 Å². The lowest BCUT2D eigenvalue weighted by Crippen LogP contribution is -2.43. The topological polar surface area (TPSA) is 123 Å². The average Bonchev–Trinajstić information content (AvgIpc) is 1.95. The fraction of sp³-hybridized carbons (Fsp3) is 0.833. The molecule has 90 valence electrons. The number of nitrogens with two attached hydrogens (primary N) is 1. The molecule has 0 radical (unpaired) electrons. The van der Waals surface area contributed by atoms with Crippen molar-refractivity contribution in [2.24, 2.45) is 5.73 Å². The number of amides is 1. The predicted octanol–water partition coefficient (Wildman–Crippen LogP) is -2.18. The van der Waals surface area contributed by atoms with Gasteiger partial charge in [-0.3, -0.25) is 9.52 Å². The molecule has 0 aliphatic rings. The molecule has 7 nitrogen and oxygen atoms in total. The van der Waals surface area contributed by atoms with Gasteiger partial charge in [0.1, 0.15) is 9.84 Å². The van der Waals surface area contributed by atoms with Crippen molar-refractivity contribution in [3.05, 3.63) is 0 Å². The van der Waals surface area contributed by atoms with Gasteiger partial charge < -0.3 is 5.73 Å². The van der Waals surface area contributed by atoms with Gasteiger partial charge in [-0.1, -0.05) is 0 Å². The Morgan fingerprint density at radius 2 is 1.73 bits per heavy atom. The van der Waals surface area contributed by atoms with Gasteiger partial charge in [0.15, 0.2) is 0 Å². The molecule has 3 N–H and O–H groups in total. The van der Waals surface area contributed by atoms with E-state index in [1.807, 2.05) is 0 Å². The molecule has 0 bridgehead atoms. The highest BCUT2D eigenvalue weighted by Crippen LogP contribution is 1.94. The highest BCUT2D eigenvalue weighted by Gasteiger charge is 2.18. The predicted molar refractivity (Wildman–Crippen MR) is 55.3 cm³/mol. The van der Waals surface area contributed by atoms with E-state index < -0.39 is 31.8 Å². The first-order chi connectivity index (χ1) is 6.51. The SMILES string of the molecule is CS(=O)(=O)CCC(N)C(=O)NS(C)(=O)=O. The molecule has 0 saturated carbocycles. The first kappa shape index (κ1) is 14.3. The lowest BCUT2D eigenvalue weighted by atomic mass is 10.2. The van der Waals surface area contributed by atoms with Gasteiger partial charge in [0.2, 0.25) is 15.9 Å². The Morgan fingerprint density at radius 1 is 1.27 bits per heavy atom. The number of rotatable bonds is 5. The van der Waals surface area contributed by atoms with E-state index in [1.165, 1.54) is 0 Å². The number of carbonyl (C=O) groups is 1. The molecule has 0 aromatic carbocycles. The third-order valence-corrected chi connectivity index (χ3v) is 2.97. The van der Waals surface area contributed by atoms with Crippen LogP contribution in [0.25, 0.3) is 0 Å². The van der Waals surface area contributed by atoms with Crippen LogP contribution in [0.1, 0.15) is 6.42 Å². The smallest absolute Gasteiger partial charge is 0.250 e. The monoisotopic (exact) mass is 258 g/mol. The van der Waals surface area contributed by atoms with E-state index in [4.69, 9.17) is 5.73 Å². The van der Waals surface area contributed by atoms with Crippen molar-refractivity contribution in [3.63, 3.8) is 0 Å². The summed E-state index contributed by atoms with van der Waals surface area (Å²) < 4.78 is 44.4. The molecule has 0 aliphatic carbocycles. The lowest BCUT2D eigenvalue weighted by Gasteiger charge is -2.09. The highest BCUT2D eigenvalue weighted by molar-refractivity contribution is 7.90. The van der Waals surface area contributed by atoms with Crippen LogP contribution in [0, 0.1) is 0 Å². The van der Waals surface area contributed by atoms with Gasteiger partial charge >= 0.3 is 0 Å². The summed E-state index contributed by atoms with van der Waals surface area (Å²) in [5.41, 5.74) is 5.29. The largest absolute Gasteiger partial charge is 0.320 e. The Morgan fingerprint density at radius 3 is 2.07 bits per heavy atom. The van der Waals surface area contributed by atoms with Crippen molar-refractivity contribution < 1.29 is 21.6 Å². The third-order valence-electron chi connectivity index (χ3n) is 1.42. The summed E-state index contributed by atoms with van der Waals surface area (Å²) in [4.78, 5) is 11.1. The molecular formula is C6H14N2O5S2. The van der Waals surface area contributed by atoms with Crippen LogP contribution in [0.4, 0.5) is 0 Å². The zero-order chi connectivity index (χ0) is 12.3. The zero-order valence-corrected chi connectivity index (χ0v) is 10.1. The number of carbonyl (C=O) groups excluding carboxylic acids is 1. The van der Waals surface area contributed by atoms with Gasteiger partial charge in [0, 0.05) is 6.26 Å². The van der Waals surface area contributed by atoms with Crippen molar-refractivity contribution in [1.82, 2.24) is 4.72 Å². The van der Waals surface area contributed by atoms with Crippen molar-refractivity contribution in [3.8, 4) is 0 Å². The van der Waals surface area contributed by atoms with Crippen molar-refractivity contribution in [2.45, 2.75) is 12.5 Å². The normalized spacial score (nSPS) is 14.6. The third kappa shape index (κ3) is 8.33. The Bertz CT molecular complexity index is 424. The van der Waals surface area contributed by atoms with Crippen LogP contribution in [0.3, 0.4) is 0 Å². The molecule has 0 fully saturated rings. The molecule has 1 amide bonds. The van der Waals surface area contributed by atoms with Crippen molar-refractivity contribution in [2.75, 3.05) is 18.3 Å². The Hall–Kier alpha value is -0.670. The van der Waals surface area contributed by atoms with Gasteiger partial charge in [-0.15, -0.1) is 0 Å². The number of nitrogens with one attached hydrogen (secondary N) is 1. The summed E-state index contributed by atoms with van der Waals surface area (Å²) in [6.07, 6.45) is 1.71. The molecule has 0 aliphatic heterocycles. The summed E-state index contributed by atoms with van der Waals surface area (Å²) in [6, 6.07) is -1.14. The molecule has 0 rings (SSSR count). The van der Waals surface area contributed by atoms with Crippen LogP contribution in [-0.4, -0.2) is 47.0 Å². The zero-order valence-electron chi connectivity index (χ0n) is 8.43. The fourth-order valence-electron chi connectivity index (χ4n) is 0.731. The molecular weight excluding hydrogens is 244 g/mol. The minimum absolute atomic E-state index is 0.111. The van der Waals surface area contributed by atoms with Crippen molar-refractivity contribution >= 4 is 25.8 Å². The molecule has 0 aromatic heterocycles. The summed E-state index contributed by atoms with van der Waals surface area (Å²) in [5, 5.41) is 0. The quantitative estimate of drug-likeness (QED) is 0.578. The van der Waals surface area contributed by atoms with E-state index in [-0.39, 0.29) is 12.2 Å². The van der Waals surface area contributed by atoms with Gasteiger partial charge in [0.05, 0.1) is 18.1 Å². The van der Waals surface area contributed by atoms with E-state index in [2.05, 4.69) is 0 Å². The van der Waals surface area contributed by atoms with E-state index in [1.54, 1.807) is 4.72 Å². The fourth-order valence-corrected chi connectivity index (χ4v) is 1.93. The minimum Gasteiger partial charge on any atom is -0.320 e. The summed E-state index contributed by atoms with van der Waals surface area (Å²) in [7, 11) is -6.86. The summed E-state index contributed by atoms with van der Waals surface area (Å²) in [6.45, 7) is 0. The molecule has 0 heterocycles. The average molecular weight is 258 g/mol. The Kier molecular flexibility index (Phi) is 4.68. The van der Waals surface area contributed by atoms with Crippen LogP contribution < -0.4 is 10.5 Å². The van der Waals surface area contributed by atoms with Gasteiger partial charge in [-0.05, 0) is 6.42 Å². The first-order valence-electron chi connectivity index (χ1n) is 3.96. The number of sulfone groups is 1. The van der Waals surface area contributed by atoms with E-state index in [0.717, 1.165) is 12.5 Å². The van der Waals surface area contributed by atoms with Crippen LogP contribution in [0.2, 0.25) is 0 Å². The van der Waals surface area contributed by atoms with Gasteiger partial charge in [-0.25, -0.2) is 16.8 Å². The second kappa shape index (κ2) is 4.90. The Balaban J connectivity index is 4.24.